The molecule has 21 heavy (non-hydrogen) atoms. The highest BCUT2D eigenvalue weighted by Crippen LogP contribution is 2.42. The first-order chi connectivity index (χ1) is 10.2. The number of aromatic nitrogens is 1. The number of esters is 1. The second-order valence-electron chi connectivity index (χ2n) is 4.31. The average molecular weight is 287 g/mol. The number of carbonyl (C=O) groups excluding carboxylic acids is 1. The molecule has 0 aliphatic heterocycles. The van der Waals surface area contributed by atoms with E-state index in [1.54, 1.807) is 25.4 Å². The van der Waals surface area contributed by atoms with Crippen molar-refractivity contribution >= 4 is 27.8 Å². The number of methoxy groups -OCH3 is 3. The Hall–Kier alpha value is -2.76. The second kappa shape index (κ2) is 4.97. The van der Waals surface area contributed by atoms with E-state index < -0.39 is 5.97 Å². The summed E-state index contributed by atoms with van der Waals surface area (Å²) in [7, 11) is 4.37. The molecular formula is C15H13NO5. The zero-order valence-corrected chi connectivity index (χ0v) is 11.8. The second-order valence-corrected chi connectivity index (χ2v) is 4.31. The van der Waals surface area contributed by atoms with Gasteiger partial charge in [-0.05, 0) is 12.1 Å². The Labute approximate surface area is 120 Å². The maximum atomic E-state index is 11.7. The van der Waals surface area contributed by atoms with Crippen LogP contribution in [0.2, 0.25) is 0 Å². The summed E-state index contributed by atoms with van der Waals surface area (Å²) in [6.07, 6.45) is 1.66. The van der Waals surface area contributed by atoms with Gasteiger partial charge in [0.05, 0.1) is 32.1 Å². The summed E-state index contributed by atoms with van der Waals surface area (Å²) in [5, 5.41) is 1.36. The van der Waals surface area contributed by atoms with Crippen LogP contribution in [-0.4, -0.2) is 32.3 Å². The van der Waals surface area contributed by atoms with Gasteiger partial charge in [-0.25, -0.2) is 4.79 Å². The Kier molecular flexibility index (Phi) is 3.13. The van der Waals surface area contributed by atoms with E-state index >= 15 is 0 Å². The molecule has 0 fully saturated rings. The standard InChI is InChI=1S/C15H13NO5/c1-18-12-9-7-10(15(17)20-3)21-14(9)13(19-2)8-5-4-6-16-11(8)12/h4-7H,1-3H3. The van der Waals surface area contributed by atoms with E-state index in [4.69, 9.17) is 13.9 Å². The molecule has 0 unspecified atom stereocenters. The molecule has 0 N–H and O–H groups in total. The smallest absolute Gasteiger partial charge is 0.373 e. The third kappa shape index (κ3) is 1.87. The molecule has 2 aromatic heterocycles. The molecule has 2 heterocycles. The van der Waals surface area contributed by atoms with Gasteiger partial charge >= 0.3 is 5.97 Å². The van der Waals surface area contributed by atoms with Crippen LogP contribution >= 0.6 is 0 Å². The minimum Gasteiger partial charge on any atom is -0.494 e. The molecule has 0 saturated heterocycles. The molecule has 6 heteroatoms. The Morgan fingerprint density at radius 1 is 1.14 bits per heavy atom. The van der Waals surface area contributed by atoms with Crippen LogP contribution < -0.4 is 9.47 Å². The van der Waals surface area contributed by atoms with Crippen LogP contribution in [-0.2, 0) is 4.74 Å². The van der Waals surface area contributed by atoms with Crippen molar-refractivity contribution in [1.82, 2.24) is 4.98 Å². The summed E-state index contributed by atoms with van der Waals surface area (Å²) in [5.41, 5.74) is 1.07. The van der Waals surface area contributed by atoms with E-state index in [0.717, 1.165) is 5.39 Å². The van der Waals surface area contributed by atoms with Crippen LogP contribution in [0.15, 0.2) is 28.8 Å². The van der Waals surface area contributed by atoms with E-state index in [2.05, 4.69) is 9.72 Å². The lowest BCUT2D eigenvalue weighted by molar-refractivity contribution is 0.0567. The van der Waals surface area contributed by atoms with Gasteiger partial charge in [0, 0.05) is 12.3 Å². The molecule has 0 atom stereocenters. The summed E-state index contributed by atoms with van der Waals surface area (Å²) >= 11 is 0. The van der Waals surface area contributed by atoms with Crippen LogP contribution in [0.3, 0.4) is 0 Å². The van der Waals surface area contributed by atoms with Crippen molar-refractivity contribution in [3.05, 3.63) is 30.2 Å². The lowest BCUT2D eigenvalue weighted by atomic mass is 10.1. The number of carbonyl (C=O) groups is 1. The topological polar surface area (TPSA) is 70.8 Å². The number of nitrogens with zero attached hydrogens (tertiary/aromatic N) is 1. The fourth-order valence-corrected chi connectivity index (χ4v) is 2.36. The molecule has 3 aromatic rings. The van der Waals surface area contributed by atoms with E-state index in [1.165, 1.54) is 14.2 Å². The van der Waals surface area contributed by atoms with Crippen molar-refractivity contribution in [2.24, 2.45) is 0 Å². The summed E-state index contributed by atoms with van der Waals surface area (Å²) in [6.45, 7) is 0. The number of hydrogen-bond acceptors (Lipinski definition) is 6. The number of pyridine rings is 1. The van der Waals surface area contributed by atoms with Gasteiger partial charge in [-0.1, -0.05) is 0 Å². The van der Waals surface area contributed by atoms with Crippen molar-refractivity contribution in [2.45, 2.75) is 0 Å². The lowest BCUT2D eigenvalue weighted by Crippen LogP contribution is -1.98. The number of fused-ring (bicyclic) bond motifs is 2. The third-order valence-corrected chi connectivity index (χ3v) is 3.25. The molecule has 0 amide bonds. The normalized spacial score (nSPS) is 10.8. The van der Waals surface area contributed by atoms with Crippen LogP contribution in [0, 0.1) is 0 Å². The van der Waals surface area contributed by atoms with Crippen molar-refractivity contribution in [2.75, 3.05) is 21.3 Å². The minimum atomic E-state index is -0.563. The molecular weight excluding hydrogens is 274 g/mol. The molecule has 0 aliphatic rings. The zero-order chi connectivity index (χ0) is 15.0. The fraction of sp³-hybridized carbons (Fsp3) is 0.200. The summed E-state index contributed by atoms with van der Waals surface area (Å²) in [4.78, 5) is 16.0. The van der Waals surface area contributed by atoms with E-state index in [0.29, 0.717) is 28.0 Å². The third-order valence-electron chi connectivity index (χ3n) is 3.25. The predicted molar refractivity (Wildman–Crippen MR) is 76.0 cm³/mol. The van der Waals surface area contributed by atoms with Crippen LogP contribution in [0.4, 0.5) is 0 Å². The van der Waals surface area contributed by atoms with E-state index in [-0.39, 0.29) is 5.76 Å². The molecule has 0 saturated carbocycles. The molecule has 0 bridgehead atoms. The average Bonchev–Trinajstić information content (AvgIpc) is 2.96. The number of rotatable bonds is 3. The van der Waals surface area contributed by atoms with Crippen LogP contribution in [0.25, 0.3) is 21.9 Å². The van der Waals surface area contributed by atoms with Crippen molar-refractivity contribution in [3.63, 3.8) is 0 Å². The van der Waals surface area contributed by atoms with E-state index in [9.17, 15) is 4.79 Å². The molecule has 6 nitrogen and oxygen atoms in total. The number of ether oxygens (including phenoxy) is 3. The Morgan fingerprint density at radius 3 is 2.57 bits per heavy atom. The van der Waals surface area contributed by atoms with Crippen molar-refractivity contribution in [1.29, 1.82) is 0 Å². The van der Waals surface area contributed by atoms with Gasteiger partial charge in [-0.2, -0.15) is 0 Å². The molecule has 0 aliphatic carbocycles. The minimum absolute atomic E-state index is 0.0828. The summed E-state index contributed by atoms with van der Waals surface area (Å²) in [6, 6.07) is 5.21. The Bertz CT molecular complexity index is 776. The van der Waals surface area contributed by atoms with Crippen molar-refractivity contribution in [3.8, 4) is 11.5 Å². The fourth-order valence-electron chi connectivity index (χ4n) is 2.36. The molecule has 0 spiro atoms. The predicted octanol–water partition coefficient (Wildman–Crippen LogP) is 2.78. The van der Waals surface area contributed by atoms with Crippen molar-refractivity contribution < 1.29 is 23.4 Å². The number of benzene rings is 1. The van der Waals surface area contributed by atoms with Gasteiger partial charge in [-0.15, -0.1) is 0 Å². The first-order valence-corrected chi connectivity index (χ1v) is 6.21. The van der Waals surface area contributed by atoms with Gasteiger partial charge < -0.3 is 18.6 Å². The van der Waals surface area contributed by atoms with Gasteiger partial charge in [0.1, 0.15) is 5.52 Å². The van der Waals surface area contributed by atoms with Crippen LogP contribution in [0.1, 0.15) is 10.6 Å². The number of furan rings is 1. The first-order valence-electron chi connectivity index (χ1n) is 6.21. The quantitative estimate of drug-likeness (QED) is 0.690. The lowest BCUT2D eigenvalue weighted by Gasteiger charge is -2.10. The summed E-state index contributed by atoms with van der Waals surface area (Å²) < 4.78 is 21.1. The molecule has 108 valence electrons. The van der Waals surface area contributed by atoms with E-state index in [1.807, 2.05) is 6.07 Å². The Balaban J connectivity index is 2.47. The molecule has 1 aromatic carbocycles. The highest BCUT2D eigenvalue weighted by atomic mass is 16.5. The molecule has 0 radical (unpaired) electrons. The first kappa shape index (κ1) is 13.2. The van der Waals surface area contributed by atoms with Gasteiger partial charge in [0.2, 0.25) is 5.76 Å². The monoisotopic (exact) mass is 287 g/mol. The highest BCUT2D eigenvalue weighted by Gasteiger charge is 2.22. The van der Waals surface area contributed by atoms with Gasteiger partial charge in [-0.3, -0.25) is 4.98 Å². The zero-order valence-electron chi connectivity index (χ0n) is 11.8. The highest BCUT2D eigenvalue weighted by molar-refractivity contribution is 6.09. The Morgan fingerprint density at radius 2 is 1.90 bits per heavy atom. The largest absolute Gasteiger partial charge is 0.494 e. The maximum absolute atomic E-state index is 11.7. The summed E-state index contributed by atoms with van der Waals surface area (Å²) in [5.74, 6) is 0.552. The SMILES string of the molecule is COC(=O)c1cc2c(OC)c3ncccc3c(OC)c2o1. The molecule has 3 rings (SSSR count). The maximum Gasteiger partial charge on any atom is 0.373 e. The van der Waals surface area contributed by atoms with Crippen LogP contribution in [0.5, 0.6) is 11.5 Å². The number of hydrogen-bond donors (Lipinski definition) is 0. The van der Waals surface area contributed by atoms with Gasteiger partial charge in [0.25, 0.3) is 0 Å². The van der Waals surface area contributed by atoms with Gasteiger partial charge in [0.15, 0.2) is 17.1 Å².